The van der Waals surface area contributed by atoms with Gasteiger partial charge in [0, 0.05) is 33.3 Å². The quantitative estimate of drug-likeness (QED) is 0.493. The summed E-state index contributed by atoms with van der Waals surface area (Å²) in [5.41, 5.74) is 2.71. The van der Waals surface area contributed by atoms with Gasteiger partial charge < -0.3 is 0 Å². The molecule has 0 aromatic heterocycles. The lowest BCUT2D eigenvalue weighted by Gasteiger charge is -2.16. The first-order valence-electron chi connectivity index (χ1n) is 4.52. The Morgan fingerprint density at radius 2 is 1.75 bits per heavy atom. The molecule has 1 rings (SSSR count). The predicted octanol–water partition coefficient (Wildman–Crippen LogP) is 2.95. The van der Waals surface area contributed by atoms with Crippen LogP contribution in [-0.2, 0) is 0 Å². The van der Waals surface area contributed by atoms with Gasteiger partial charge in [-0.2, -0.15) is 0 Å². The standard InChI is InChI=1S/C10H19N2/c1-7-8(2)11-12(9(7)3)10(4,5)6/h9H,1-6H3/q+1. The van der Waals surface area contributed by atoms with Gasteiger partial charge in [-0.25, -0.2) is 0 Å². The van der Waals surface area contributed by atoms with E-state index in [1.165, 1.54) is 11.3 Å². The summed E-state index contributed by atoms with van der Waals surface area (Å²) in [6.45, 7) is 13.0. The Morgan fingerprint density at radius 3 is 1.92 bits per heavy atom. The fourth-order valence-corrected chi connectivity index (χ4v) is 1.54. The van der Waals surface area contributed by atoms with E-state index < -0.39 is 0 Å². The molecule has 0 spiro atoms. The molecule has 68 valence electrons. The summed E-state index contributed by atoms with van der Waals surface area (Å²) < 4.78 is 2.18. The Balaban J connectivity index is 2.97. The van der Waals surface area contributed by atoms with Crippen molar-refractivity contribution in [3.63, 3.8) is 0 Å². The molecular weight excluding hydrogens is 148 g/mol. The lowest BCUT2D eigenvalue weighted by Crippen LogP contribution is -2.36. The molecule has 1 aliphatic heterocycles. The van der Waals surface area contributed by atoms with Gasteiger partial charge in [0.15, 0.2) is 11.6 Å². The minimum Gasteiger partial charge on any atom is -0.112 e. The van der Waals surface area contributed by atoms with Crippen LogP contribution in [0.15, 0.2) is 16.4 Å². The third-order valence-electron chi connectivity index (χ3n) is 2.51. The molecule has 12 heavy (non-hydrogen) atoms. The molecule has 0 N–H and O–H groups in total. The highest BCUT2D eigenvalue weighted by atomic mass is 15.3. The zero-order valence-corrected chi connectivity index (χ0v) is 8.97. The molecule has 0 aromatic carbocycles. The highest BCUT2D eigenvalue weighted by Crippen LogP contribution is 2.26. The zero-order valence-electron chi connectivity index (χ0n) is 8.97. The van der Waals surface area contributed by atoms with Crippen molar-refractivity contribution < 1.29 is 4.70 Å². The SMILES string of the molecule is CC1=C(C)C(C)[N+](C(C)(C)C)=N1. The predicted molar refractivity (Wildman–Crippen MR) is 50.3 cm³/mol. The van der Waals surface area contributed by atoms with Crippen LogP contribution >= 0.6 is 0 Å². The van der Waals surface area contributed by atoms with Crippen molar-refractivity contribution >= 4 is 0 Å². The average molecular weight is 167 g/mol. The molecule has 1 unspecified atom stereocenters. The summed E-state index contributed by atoms with van der Waals surface area (Å²) in [5.74, 6) is 0. The molecule has 1 heterocycles. The average Bonchev–Trinajstić information content (AvgIpc) is 2.15. The first-order chi connectivity index (χ1) is 5.34. The highest BCUT2D eigenvalue weighted by molar-refractivity contribution is 5.13. The number of allylic oxidation sites excluding steroid dienone is 1. The summed E-state index contributed by atoms with van der Waals surface area (Å²) in [6, 6.07) is 0.463. The van der Waals surface area contributed by atoms with Gasteiger partial charge >= 0.3 is 0 Å². The summed E-state index contributed by atoms with van der Waals surface area (Å²) >= 11 is 0. The van der Waals surface area contributed by atoms with E-state index >= 15 is 0 Å². The van der Waals surface area contributed by atoms with Crippen molar-refractivity contribution in [2.75, 3.05) is 0 Å². The Kier molecular flexibility index (Phi) is 2.11. The van der Waals surface area contributed by atoms with Crippen LogP contribution < -0.4 is 0 Å². The number of nitrogens with zero attached hydrogens (tertiary/aromatic N) is 2. The summed E-state index contributed by atoms with van der Waals surface area (Å²) in [5, 5.41) is 4.53. The first-order valence-corrected chi connectivity index (χ1v) is 4.52. The molecule has 2 nitrogen and oxygen atoms in total. The smallest absolute Gasteiger partial charge is 0.112 e. The van der Waals surface area contributed by atoms with Gasteiger partial charge in [0.1, 0.15) is 5.70 Å². The zero-order chi connectivity index (χ0) is 9.52. The Labute approximate surface area is 75.0 Å². The van der Waals surface area contributed by atoms with E-state index in [1.807, 2.05) is 0 Å². The molecule has 1 aliphatic rings. The van der Waals surface area contributed by atoms with Crippen LogP contribution in [0.2, 0.25) is 0 Å². The third-order valence-corrected chi connectivity index (χ3v) is 2.51. The van der Waals surface area contributed by atoms with Crippen LogP contribution in [0.1, 0.15) is 41.5 Å². The monoisotopic (exact) mass is 167 g/mol. The maximum Gasteiger partial charge on any atom is 0.199 e. The van der Waals surface area contributed by atoms with Crippen molar-refractivity contribution in [1.29, 1.82) is 0 Å². The van der Waals surface area contributed by atoms with E-state index in [4.69, 9.17) is 0 Å². The van der Waals surface area contributed by atoms with E-state index in [9.17, 15) is 0 Å². The van der Waals surface area contributed by atoms with Gasteiger partial charge in [-0.3, -0.25) is 0 Å². The summed E-state index contributed by atoms with van der Waals surface area (Å²) in [6.07, 6.45) is 0. The third kappa shape index (κ3) is 1.43. The lowest BCUT2D eigenvalue weighted by atomic mass is 10.0. The molecule has 0 saturated carbocycles. The molecule has 0 aromatic rings. The van der Waals surface area contributed by atoms with Crippen molar-refractivity contribution in [3.05, 3.63) is 11.3 Å². The molecule has 0 aliphatic carbocycles. The van der Waals surface area contributed by atoms with Crippen molar-refractivity contribution in [1.82, 2.24) is 0 Å². The van der Waals surface area contributed by atoms with Crippen LogP contribution in [0.25, 0.3) is 0 Å². The van der Waals surface area contributed by atoms with E-state index in [2.05, 4.69) is 51.4 Å². The molecule has 0 bridgehead atoms. The minimum absolute atomic E-state index is 0.137. The normalized spacial score (nSPS) is 24.8. The van der Waals surface area contributed by atoms with E-state index in [-0.39, 0.29) is 5.54 Å². The molecule has 2 heteroatoms. The van der Waals surface area contributed by atoms with E-state index in [0.717, 1.165) is 0 Å². The topological polar surface area (TPSA) is 15.4 Å². The van der Waals surface area contributed by atoms with Crippen molar-refractivity contribution in [2.24, 2.45) is 5.11 Å². The van der Waals surface area contributed by atoms with Crippen LogP contribution in [0.3, 0.4) is 0 Å². The minimum atomic E-state index is 0.137. The number of azo groups is 2. The van der Waals surface area contributed by atoms with Gasteiger partial charge in [-0.05, 0) is 19.0 Å². The summed E-state index contributed by atoms with van der Waals surface area (Å²) in [4.78, 5) is 0. The fourth-order valence-electron chi connectivity index (χ4n) is 1.54. The number of rotatable bonds is 0. The van der Waals surface area contributed by atoms with Crippen LogP contribution in [0.4, 0.5) is 0 Å². The second-order valence-electron chi connectivity index (χ2n) is 4.56. The maximum atomic E-state index is 4.53. The molecular formula is C10H19N2+. The van der Waals surface area contributed by atoms with Gasteiger partial charge in [-0.1, -0.05) is 0 Å². The Hall–Kier alpha value is -0.660. The van der Waals surface area contributed by atoms with Crippen LogP contribution in [0, 0.1) is 0 Å². The van der Waals surface area contributed by atoms with E-state index in [0.29, 0.717) is 6.04 Å². The molecule has 0 fully saturated rings. The Morgan fingerprint density at radius 1 is 1.25 bits per heavy atom. The van der Waals surface area contributed by atoms with E-state index in [1.54, 1.807) is 0 Å². The van der Waals surface area contributed by atoms with Crippen molar-refractivity contribution in [2.45, 2.75) is 53.1 Å². The second-order valence-corrected chi connectivity index (χ2v) is 4.56. The van der Waals surface area contributed by atoms with Gasteiger partial charge in [-0.15, -0.1) is 4.70 Å². The Bertz CT molecular complexity index is 254. The van der Waals surface area contributed by atoms with Crippen LogP contribution in [0.5, 0.6) is 0 Å². The number of hydrogen-bond acceptors (Lipinski definition) is 1. The second kappa shape index (κ2) is 2.68. The lowest BCUT2D eigenvalue weighted by molar-refractivity contribution is -0.669. The van der Waals surface area contributed by atoms with Gasteiger partial charge in [0.05, 0.1) is 0 Å². The summed E-state index contributed by atoms with van der Waals surface area (Å²) in [7, 11) is 0. The number of hydrogen-bond donors (Lipinski definition) is 0. The fraction of sp³-hybridized carbons (Fsp3) is 0.800. The van der Waals surface area contributed by atoms with Crippen LogP contribution in [-0.4, -0.2) is 16.3 Å². The van der Waals surface area contributed by atoms with Gasteiger partial charge in [0.2, 0.25) is 0 Å². The largest absolute Gasteiger partial charge is 0.199 e. The molecule has 1 atom stereocenters. The van der Waals surface area contributed by atoms with Gasteiger partial charge in [0.25, 0.3) is 0 Å². The molecule has 0 amide bonds. The molecule has 0 radical (unpaired) electrons. The maximum absolute atomic E-state index is 4.53. The molecule has 0 saturated heterocycles. The first kappa shape index (κ1) is 9.43. The highest BCUT2D eigenvalue weighted by Gasteiger charge is 2.37. The van der Waals surface area contributed by atoms with Crippen molar-refractivity contribution in [3.8, 4) is 0 Å².